The molecule has 34 heavy (non-hydrogen) atoms. The van der Waals surface area contributed by atoms with Crippen LogP contribution < -0.4 is 19.9 Å². The number of ether oxygens (including phenoxy) is 3. The number of benzene rings is 2. The highest BCUT2D eigenvalue weighted by atomic mass is 35.5. The third kappa shape index (κ3) is 3.77. The number of halogens is 3. The minimum atomic E-state index is -1.14. The molecule has 0 spiro atoms. The number of aromatic nitrogens is 4. The fourth-order valence-corrected chi connectivity index (χ4v) is 3.72. The van der Waals surface area contributed by atoms with Gasteiger partial charge in [-0.05, 0) is 26.0 Å². The molecule has 2 N–H and O–H groups in total. The number of nitrogens with one attached hydrogen (secondary N) is 1. The molecular weight excluding hydrogens is 474 g/mol. The Hall–Kier alpha value is -3.86. The number of fused-ring (bicyclic) bond motifs is 1. The van der Waals surface area contributed by atoms with E-state index in [2.05, 4.69) is 15.0 Å². The summed E-state index contributed by atoms with van der Waals surface area (Å²) in [6.07, 6.45) is 0. The molecule has 0 unspecified atom stereocenters. The van der Waals surface area contributed by atoms with Crippen LogP contribution in [0.2, 0.25) is 5.02 Å². The van der Waals surface area contributed by atoms with Gasteiger partial charge in [0.25, 0.3) is 0 Å². The minimum absolute atomic E-state index is 0.0533. The first-order valence-corrected chi connectivity index (χ1v) is 10.2. The van der Waals surface area contributed by atoms with Gasteiger partial charge >= 0.3 is 5.69 Å². The second kappa shape index (κ2) is 8.82. The molecular formula is C22H19ClF2N4O5. The van der Waals surface area contributed by atoms with Gasteiger partial charge in [-0.3, -0.25) is 4.98 Å². The number of hydrogen-bond acceptors (Lipinski definition) is 7. The predicted octanol–water partition coefficient (Wildman–Crippen LogP) is 3.96. The first kappa shape index (κ1) is 23.3. The van der Waals surface area contributed by atoms with Gasteiger partial charge in [0.15, 0.2) is 28.8 Å². The number of nitrogens with zero attached hydrogens (tertiary/aromatic N) is 3. The van der Waals surface area contributed by atoms with Gasteiger partial charge in [0.05, 0.1) is 30.5 Å². The molecule has 0 amide bonds. The van der Waals surface area contributed by atoms with Crippen LogP contribution in [0.4, 0.5) is 8.78 Å². The largest absolute Gasteiger partial charge is 0.504 e. The summed E-state index contributed by atoms with van der Waals surface area (Å²) in [5.74, 6) is -2.11. The highest BCUT2D eigenvalue weighted by Gasteiger charge is 2.23. The SMILES string of the molecule is COc1ccc(F)c(F)c1COc1cc(-n2c(=O)[nH]c3c(OC)nc(C)nc32)c(Cl)c(C)c1O. The molecule has 0 aliphatic carbocycles. The van der Waals surface area contributed by atoms with Crippen molar-refractivity contribution in [3.8, 4) is 28.8 Å². The maximum atomic E-state index is 14.3. The lowest BCUT2D eigenvalue weighted by molar-refractivity contribution is 0.272. The lowest BCUT2D eigenvalue weighted by atomic mass is 10.1. The summed E-state index contributed by atoms with van der Waals surface area (Å²) in [6.45, 7) is 2.67. The van der Waals surface area contributed by atoms with E-state index >= 15 is 0 Å². The van der Waals surface area contributed by atoms with Crippen molar-refractivity contribution in [2.75, 3.05) is 14.2 Å². The van der Waals surface area contributed by atoms with Crippen molar-refractivity contribution in [1.29, 1.82) is 0 Å². The van der Waals surface area contributed by atoms with Gasteiger partial charge in [-0.2, -0.15) is 4.98 Å². The van der Waals surface area contributed by atoms with Crippen molar-refractivity contribution >= 4 is 22.8 Å². The highest BCUT2D eigenvalue weighted by molar-refractivity contribution is 6.33. The highest BCUT2D eigenvalue weighted by Crippen LogP contribution is 2.40. The third-order valence-electron chi connectivity index (χ3n) is 5.21. The molecule has 0 aliphatic heterocycles. The van der Waals surface area contributed by atoms with Crippen LogP contribution in [0, 0.1) is 25.5 Å². The Bertz CT molecular complexity index is 1490. The van der Waals surface area contributed by atoms with Gasteiger partial charge in [0.1, 0.15) is 23.7 Å². The van der Waals surface area contributed by atoms with Crippen LogP contribution >= 0.6 is 11.6 Å². The predicted molar refractivity (Wildman–Crippen MR) is 119 cm³/mol. The minimum Gasteiger partial charge on any atom is -0.504 e. The summed E-state index contributed by atoms with van der Waals surface area (Å²) < 4.78 is 45.2. The number of phenolic OH excluding ortho intramolecular Hbond substituents is 1. The first-order chi connectivity index (χ1) is 16.2. The number of methoxy groups -OCH3 is 2. The average Bonchev–Trinajstić information content (AvgIpc) is 3.14. The molecule has 9 nitrogen and oxygen atoms in total. The monoisotopic (exact) mass is 492 g/mol. The molecule has 2 aromatic carbocycles. The van der Waals surface area contributed by atoms with Crippen LogP contribution in [0.15, 0.2) is 23.0 Å². The average molecular weight is 493 g/mol. The van der Waals surface area contributed by atoms with E-state index in [-0.39, 0.29) is 56.1 Å². The lowest BCUT2D eigenvalue weighted by Crippen LogP contribution is -2.16. The van der Waals surface area contributed by atoms with Gasteiger partial charge in [-0.1, -0.05) is 11.6 Å². The summed E-state index contributed by atoms with van der Waals surface area (Å²) in [5.41, 5.74) is -0.0219. The maximum Gasteiger partial charge on any atom is 0.332 e. The molecule has 2 aromatic heterocycles. The van der Waals surface area contributed by atoms with E-state index in [9.17, 15) is 18.7 Å². The molecule has 0 atom stereocenters. The van der Waals surface area contributed by atoms with Crippen molar-refractivity contribution in [3.05, 3.63) is 62.3 Å². The number of imidazole rings is 1. The molecule has 2 heterocycles. The zero-order chi connectivity index (χ0) is 24.7. The molecule has 4 rings (SSSR count). The number of hydrogen-bond donors (Lipinski definition) is 2. The maximum absolute atomic E-state index is 14.3. The quantitative estimate of drug-likeness (QED) is 0.419. The van der Waals surface area contributed by atoms with Crippen LogP contribution in [0.25, 0.3) is 16.9 Å². The molecule has 0 saturated heterocycles. The number of H-pyrrole nitrogens is 1. The summed E-state index contributed by atoms with van der Waals surface area (Å²) in [4.78, 5) is 23.9. The number of aryl methyl sites for hydroxylation is 1. The number of rotatable bonds is 6. The molecule has 0 aliphatic rings. The fourth-order valence-electron chi connectivity index (χ4n) is 3.49. The second-order valence-corrected chi connectivity index (χ2v) is 7.63. The molecule has 12 heteroatoms. The molecule has 0 fully saturated rings. The first-order valence-electron chi connectivity index (χ1n) is 9.87. The van der Waals surface area contributed by atoms with Crippen LogP contribution in [0.5, 0.6) is 23.1 Å². The standard InChI is InChI=1S/C22H19ClF2N4O5/c1-9-16(23)13(29-20-18(28-22(29)31)21(33-4)27-10(2)26-20)7-15(19(9)30)34-8-11-14(32-3)6-5-12(24)17(11)25/h5-7,30H,8H2,1-4H3,(H,28,31). The molecule has 0 radical (unpaired) electrons. The molecule has 0 bridgehead atoms. The fraction of sp³-hybridized carbons (Fsp3) is 0.227. The van der Waals surface area contributed by atoms with Gasteiger partial charge in [0, 0.05) is 11.6 Å². The Balaban J connectivity index is 1.85. The van der Waals surface area contributed by atoms with Gasteiger partial charge in [-0.15, -0.1) is 0 Å². The Morgan fingerprint density at radius 1 is 1.15 bits per heavy atom. The Morgan fingerprint density at radius 2 is 1.88 bits per heavy atom. The second-order valence-electron chi connectivity index (χ2n) is 7.26. The van der Waals surface area contributed by atoms with E-state index in [0.717, 1.165) is 6.07 Å². The Morgan fingerprint density at radius 3 is 2.56 bits per heavy atom. The van der Waals surface area contributed by atoms with Crippen molar-refractivity contribution in [1.82, 2.24) is 19.5 Å². The normalized spacial score (nSPS) is 11.1. The van der Waals surface area contributed by atoms with Crippen LogP contribution in [-0.4, -0.2) is 38.8 Å². The van der Waals surface area contributed by atoms with Crippen LogP contribution in [-0.2, 0) is 6.61 Å². The Kier molecular flexibility index (Phi) is 6.05. The van der Waals surface area contributed by atoms with E-state index in [0.29, 0.717) is 5.82 Å². The number of aromatic amines is 1. The van der Waals surface area contributed by atoms with E-state index in [1.807, 2.05) is 0 Å². The topological polar surface area (TPSA) is 111 Å². The van der Waals surface area contributed by atoms with E-state index in [1.54, 1.807) is 6.92 Å². The van der Waals surface area contributed by atoms with Gasteiger partial charge < -0.3 is 19.3 Å². The van der Waals surface area contributed by atoms with E-state index in [4.69, 9.17) is 25.8 Å². The zero-order valence-electron chi connectivity index (χ0n) is 18.5. The summed E-state index contributed by atoms with van der Waals surface area (Å²) in [7, 11) is 2.71. The lowest BCUT2D eigenvalue weighted by Gasteiger charge is -2.16. The summed E-state index contributed by atoms with van der Waals surface area (Å²) >= 11 is 6.47. The van der Waals surface area contributed by atoms with Crippen molar-refractivity contribution in [3.63, 3.8) is 0 Å². The Labute approximate surface area is 196 Å². The van der Waals surface area contributed by atoms with Crippen LogP contribution in [0.1, 0.15) is 17.0 Å². The summed E-state index contributed by atoms with van der Waals surface area (Å²) in [6, 6.07) is 3.49. The van der Waals surface area contributed by atoms with Gasteiger partial charge in [-0.25, -0.2) is 23.1 Å². The summed E-state index contributed by atoms with van der Waals surface area (Å²) in [5, 5.41) is 10.6. The molecule has 0 saturated carbocycles. The molecule has 4 aromatic rings. The van der Waals surface area contributed by atoms with Gasteiger partial charge in [0.2, 0.25) is 5.88 Å². The van der Waals surface area contributed by atoms with Crippen LogP contribution in [0.3, 0.4) is 0 Å². The third-order valence-corrected chi connectivity index (χ3v) is 5.68. The van der Waals surface area contributed by atoms with E-state index in [1.165, 1.54) is 37.8 Å². The number of phenols is 1. The van der Waals surface area contributed by atoms with Crippen molar-refractivity contribution < 1.29 is 28.1 Å². The smallest absolute Gasteiger partial charge is 0.332 e. The van der Waals surface area contributed by atoms with Crippen molar-refractivity contribution in [2.45, 2.75) is 20.5 Å². The zero-order valence-corrected chi connectivity index (χ0v) is 19.3. The van der Waals surface area contributed by atoms with Crippen molar-refractivity contribution in [2.24, 2.45) is 0 Å². The number of aromatic hydroxyl groups is 1. The molecule has 178 valence electrons. The van der Waals surface area contributed by atoms with E-state index < -0.39 is 23.9 Å².